The Morgan fingerprint density at radius 1 is 1.57 bits per heavy atom. The Hall–Kier alpha value is -1.47. The van der Waals surface area contributed by atoms with E-state index in [-0.39, 0.29) is 5.69 Å². The molecular formula is C10H9NO2S. The lowest BCUT2D eigenvalue weighted by Crippen LogP contribution is -1.90. The molecule has 0 radical (unpaired) electrons. The van der Waals surface area contributed by atoms with Gasteiger partial charge in [-0.3, -0.25) is 10.1 Å². The van der Waals surface area contributed by atoms with Crippen LogP contribution in [0, 0.1) is 28.9 Å². The first-order valence-corrected chi connectivity index (χ1v) is 4.63. The van der Waals surface area contributed by atoms with Gasteiger partial charge in [-0.25, -0.2) is 0 Å². The van der Waals surface area contributed by atoms with Gasteiger partial charge in [-0.2, -0.15) is 12.6 Å². The molecule has 0 saturated heterocycles. The third-order valence-corrected chi connectivity index (χ3v) is 1.89. The van der Waals surface area contributed by atoms with Gasteiger partial charge in [-0.1, -0.05) is 17.9 Å². The molecule has 3 nitrogen and oxygen atoms in total. The lowest BCUT2D eigenvalue weighted by Gasteiger charge is -1.97. The fourth-order valence-corrected chi connectivity index (χ4v) is 1.07. The number of benzene rings is 1. The molecule has 0 atom stereocenters. The highest BCUT2D eigenvalue weighted by molar-refractivity contribution is 7.80. The molecule has 4 heteroatoms. The molecule has 72 valence electrons. The molecule has 1 rings (SSSR count). The number of nitrogens with zero attached hydrogens (tertiary/aromatic N) is 1. The van der Waals surface area contributed by atoms with E-state index < -0.39 is 4.92 Å². The Labute approximate surface area is 87.7 Å². The molecule has 0 bridgehead atoms. The minimum Gasteiger partial charge on any atom is -0.258 e. The van der Waals surface area contributed by atoms with Crippen molar-refractivity contribution >= 4 is 18.3 Å². The standard InChI is InChI=1S/C10H9NO2S/c1-8-4-5-10(11(12)13)7-9(8)3-2-6-14/h4-5,7,14H,6H2,1H3. The van der Waals surface area contributed by atoms with Crippen LogP contribution in [-0.4, -0.2) is 10.7 Å². The zero-order valence-corrected chi connectivity index (χ0v) is 8.54. The van der Waals surface area contributed by atoms with Crippen LogP contribution in [0.4, 0.5) is 5.69 Å². The van der Waals surface area contributed by atoms with Crippen LogP contribution < -0.4 is 0 Å². The van der Waals surface area contributed by atoms with E-state index in [1.165, 1.54) is 12.1 Å². The summed E-state index contributed by atoms with van der Waals surface area (Å²) in [4.78, 5) is 10.1. The second-order valence-corrected chi connectivity index (χ2v) is 3.03. The van der Waals surface area contributed by atoms with Gasteiger partial charge < -0.3 is 0 Å². The van der Waals surface area contributed by atoms with E-state index in [1.807, 2.05) is 6.92 Å². The summed E-state index contributed by atoms with van der Waals surface area (Å²) in [5, 5.41) is 10.5. The number of hydrogen-bond donors (Lipinski definition) is 1. The number of hydrogen-bond acceptors (Lipinski definition) is 3. The minimum atomic E-state index is -0.425. The Kier molecular flexibility index (Phi) is 3.55. The van der Waals surface area contributed by atoms with E-state index in [4.69, 9.17) is 0 Å². The highest BCUT2D eigenvalue weighted by atomic mass is 32.1. The van der Waals surface area contributed by atoms with Crippen molar-refractivity contribution < 1.29 is 4.92 Å². The molecule has 1 aromatic rings. The van der Waals surface area contributed by atoms with E-state index in [0.717, 1.165) is 5.56 Å². The molecule has 0 aliphatic rings. The van der Waals surface area contributed by atoms with E-state index in [2.05, 4.69) is 24.5 Å². The molecular weight excluding hydrogens is 198 g/mol. The number of aryl methyl sites for hydroxylation is 1. The second-order valence-electron chi connectivity index (χ2n) is 2.72. The molecule has 14 heavy (non-hydrogen) atoms. The molecule has 1 aromatic carbocycles. The molecule has 0 aliphatic carbocycles. The van der Waals surface area contributed by atoms with Crippen LogP contribution in [0.2, 0.25) is 0 Å². The summed E-state index contributed by atoms with van der Waals surface area (Å²) in [6.45, 7) is 1.87. The quantitative estimate of drug-likeness (QED) is 0.332. The first-order chi connectivity index (χ1) is 6.65. The number of rotatable bonds is 1. The average Bonchev–Trinajstić information content (AvgIpc) is 2.16. The maximum Gasteiger partial charge on any atom is 0.270 e. The summed E-state index contributed by atoms with van der Waals surface area (Å²) in [5.74, 6) is 6.04. The van der Waals surface area contributed by atoms with Gasteiger partial charge in [0.25, 0.3) is 5.69 Å². The Bertz CT molecular complexity index is 418. The summed E-state index contributed by atoms with van der Waals surface area (Å²) in [6, 6.07) is 4.65. The maximum absolute atomic E-state index is 10.5. The van der Waals surface area contributed by atoms with Crippen molar-refractivity contribution in [1.82, 2.24) is 0 Å². The van der Waals surface area contributed by atoms with Crippen LogP contribution in [0.3, 0.4) is 0 Å². The molecule has 0 saturated carbocycles. The third-order valence-electron chi connectivity index (χ3n) is 1.73. The molecule has 0 unspecified atom stereocenters. The van der Waals surface area contributed by atoms with Crippen molar-refractivity contribution in [2.24, 2.45) is 0 Å². The first kappa shape index (κ1) is 10.6. The molecule has 0 aliphatic heterocycles. The predicted octanol–water partition coefficient (Wildman–Crippen LogP) is 2.18. The van der Waals surface area contributed by atoms with E-state index in [1.54, 1.807) is 6.07 Å². The van der Waals surface area contributed by atoms with Crippen LogP contribution in [0.15, 0.2) is 18.2 Å². The van der Waals surface area contributed by atoms with Crippen LogP contribution in [-0.2, 0) is 0 Å². The van der Waals surface area contributed by atoms with Crippen LogP contribution in [0.25, 0.3) is 0 Å². The smallest absolute Gasteiger partial charge is 0.258 e. The number of nitro benzene ring substituents is 1. The van der Waals surface area contributed by atoms with Crippen molar-refractivity contribution in [3.63, 3.8) is 0 Å². The SMILES string of the molecule is Cc1ccc([N+](=O)[O-])cc1C#CCS. The molecule has 0 amide bonds. The van der Waals surface area contributed by atoms with Crippen LogP contribution >= 0.6 is 12.6 Å². The number of non-ortho nitro benzene ring substituents is 1. The average molecular weight is 207 g/mol. The predicted molar refractivity (Wildman–Crippen MR) is 58.6 cm³/mol. The lowest BCUT2D eigenvalue weighted by atomic mass is 10.1. The topological polar surface area (TPSA) is 43.1 Å². The van der Waals surface area contributed by atoms with Crippen LogP contribution in [0.5, 0.6) is 0 Å². The Morgan fingerprint density at radius 3 is 2.86 bits per heavy atom. The largest absolute Gasteiger partial charge is 0.270 e. The summed E-state index contributed by atoms with van der Waals surface area (Å²) >= 11 is 3.94. The Balaban J connectivity index is 3.14. The van der Waals surface area contributed by atoms with Gasteiger partial charge >= 0.3 is 0 Å². The number of nitro groups is 1. The van der Waals surface area contributed by atoms with Gasteiger partial charge in [0, 0.05) is 17.7 Å². The first-order valence-electron chi connectivity index (χ1n) is 4.00. The van der Waals surface area contributed by atoms with Gasteiger partial charge in [-0.05, 0) is 12.5 Å². The molecule has 0 aromatic heterocycles. The molecule has 0 N–H and O–H groups in total. The highest BCUT2D eigenvalue weighted by Crippen LogP contribution is 2.16. The van der Waals surface area contributed by atoms with Crippen molar-refractivity contribution in [2.45, 2.75) is 6.92 Å². The molecule has 0 fully saturated rings. The van der Waals surface area contributed by atoms with Gasteiger partial charge in [-0.15, -0.1) is 0 Å². The summed E-state index contributed by atoms with van der Waals surface area (Å²) in [6.07, 6.45) is 0. The summed E-state index contributed by atoms with van der Waals surface area (Å²) in [5.41, 5.74) is 1.69. The van der Waals surface area contributed by atoms with Gasteiger partial charge in [0.1, 0.15) is 0 Å². The fraction of sp³-hybridized carbons (Fsp3) is 0.200. The lowest BCUT2D eigenvalue weighted by molar-refractivity contribution is -0.384. The zero-order valence-electron chi connectivity index (χ0n) is 7.65. The monoisotopic (exact) mass is 207 g/mol. The van der Waals surface area contributed by atoms with Crippen molar-refractivity contribution in [3.05, 3.63) is 39.4 Å². The zero-order chi connectivity index (χ0) is 10.6. The van der Waals surface area contributed by atoms with Crippen molar-refractivity contribution in [1.29, 1.82) is 0 Å². The van der Waals surface area contributed by atoms with Gasteiger partial charge in [0.05, 0.1) is 10.7 Å². The van der Waals surface area contributed by atoms with E-state index >= 15 is 0 Å². The maximum atomic E-state index is 10.5. The van der Waals surface area contributed by atoms with Crippen molar-refractivity contribution in [2.75, 3.05) is 5.75 Å². The molecule has 0 heterocycles. The van der Waals surface area contributed by atoms with Gasteiger partial charge in [0.2, 0.25) is 0 Å². The van der Waals surface area contributed by atoms with Crippen molar-refractivity contribution in [3.8, 4) is 11.8 Å². The molecule has 0 spiro atoms. The minimum absolute atomic E-state index is 0.0686. The van der Waals surface area contributed by atoms with E-state index in [9.17, 15) is 10.1 Å². The van der Waals surface area contributed by atoms with E-state index in [0.29, 0.717) is 11.3 Å². The normalized spacial score (nSPS) is 9.00. The fourth-order valence-electron chi connectivity index (χ4n) is 0.993. The second kappa shape index (κ2) is 4.68. The summed E-state index contributed by atoms with van der Waals surface area (Å²) in [7, 11) is 0. The summed E-state index contributed by atoms with van der Waals surface area (Å²) < 4.78 is 0. The van der Waals surface area contributed by atoms with Crippen LogP contribution in [0.1, 0.15) is 11.1 Å². The number of thiol groups is 1. The van der Waals surface area contributed by atoms with Gasteiger partial charge in [0.15, 0.2) is 0 Å². The Morgan fingerprint density at radius 2 is 2.29 bits per heavy atom. The third kappa shape index (κ3) is 2.51. The highest BCUT2D eigenvalue weighted by Gasteiger charge is 2.06.